The van der Waals surface area contributed by atoms with Crippen molar-refractivity contribution in [1.29, 1.82) is 0 Å². The highest BCUT2D eigenvalue weighted by Gasteiger charge is 2.23. The quantitative estimate of drug-likeness (QED) is 0.734. The SMILES string of the molecule is O=C(c1ccc(C2CCCC2)c(F)c1)C(F)F. The van der Waals surface area contributed by atoms with Gasteiger partial charge in [0.25, 0.3) is 0 Å². The van der Waals surface area contributed by atoms with E-state index in [1.165, 1.54) is 12.1 Å². The van der Waals surface area contributed by atoms with Crippen LogP contribution in [0.4, 0.5) is 13.2 Å². The standard InChI is InChI=1S/C13H13F3O/c14-11-7-9(12(17)13(15)16)5-6-10(11)8-3-1-2-4-8/h5-8,13H,1-4H2. The molecule has 0 atom stereocenters. The molecule has 1 nitrogen and oxygen atoms in total. The highest BCUT2D eigenvalue weighted by molar-refractivity contribution is 5.98. The normalized spacial score (nSPS) is 16.7. The summed E-state index contributed by atoms with van der Waals surface area (Å²) >= 11 is 0. The smallest absolute Gasteiger partial charge is 0.288 e. The molecule has 1 aromatic rings. The van der Waals surface area contributed by atoms with Crippen molar-refractivity contribution < 1.29 is 18.0 Å². The molecular weight excluding hydrogens is 229 g/mol. The zero-order valence-electron chi connectivity index (χ0n) is 9.26. The van der Waals surface area contributed by atoms with E-state index >= 15 is 0 Å². The lowest BCUT2D eigenvalue weighted by Crippen LogP contribution is -2.11. The Hall–Kier alpha value is -1.32. The van der Waals surface area contributed by atoms with E-state index in [0.29, 0.717) is 5.56 Å². The summed E-state index contributed by atoms with van der Waals surface area (Å²) in [5.74, 6) is -1.68. The maximum atomic E-state index is 13.7. The molecule has 0 N–H and O–H groups in total. The molecule has 0 aliphatic heterocycles. The van der Waals surface area contributed by atoms with E-state index in [4.69, 9.17) is 0 Å². The first-order chi connectivity index (χ1) is 8.09. The van der Waals surface area contributed by atoms with Gasteiger partial charge in [-0.3, -0.25) is 4.79 Å². The van der Waals surface area contributed by atoms with E-state index in [-0.39, 0.29) is 11.5 Å². The third kappa shape index (κ3) is 2.51. The molecule has 1 aliphatic carbocycles. The van der Waals surface area contributed by atoms with E-state index in [1.54, 1.807) is 0 Å². The number of benzene rings is 1. The number of alkyl halides is 2. The van der Waals surface area contributed by atoms with Crippen LogP contribution in [0.1, 0.15) is 47.5 Å². The maximum absolute atomic E-state index is 13.7. The first-order valence-corrected chi connectivity index (χ1v) is 5.71. The van der Waals surface area contributed by atoms with E-state index in [0.717, 1.165) is 31.7 Å². The van der Waals surface area contributed by atoms with Gasteiger partial charge in [0.1, 0.15) is 5.82 Å². The van der Waals surface area contributed by atoms with Gasteiger partial charge in [-0.15, -0.1) is 0 Å². The number of carbonyl (C=O) groups is 1. The van der Waals surface area contributed by atoms with Gasteiger partial charge in [-0.2, -0.15) is 0 Å². The van der Waals surface area contributed by atoms with Crippen LogP contribution in [0.25, 0.3) is 0 Å². The number of carbonyl (C=O) groups excluding carboxylic acids is 1. The molecule has 2 rings (SSSR count). The monoisotopic (exact) mass is 242 g/mol. The minimum atomic E-state index is -3.08. The average molecular weight is 242 g/mol. The molecule has 0 spiro atoms. The number of ketones is 1. The molecule has 0 saturated heterocycles. The van der Waals surface area contributed by atoms with Crippen LogP contribution < -0.4 is 0 Å². The number of Topliss-reactive ketones (excluding diaryl/α,β-unsaturated/α-hetero) is 1. The van der Waals surface area contributed by atoms with Gasteiger partial charge >= 0.3 is 6.43 Å². The molecule has 17 heavy (non-hydrogen) atoms. The maximum Gasteiger partial charge on any atom is 0.300 e. The lowest BCUT2D eigenvalue weighted by molar-refractivity contribution is 0.0678. The molecule has 1 aliphatic rings. The summed E-state index contributed by atoms with van der Waals surface area (Å²) in [6, 6.07) is 3.70. The molecule has 1 saturated carbocycles. The zero-order chi connectivity index (χ0) is 12.4. The third-order valence-electron chi connectivity index (χ3n) is 3.28. The van der Waals surface area contributed by atoms with Crippen molar-refractivity contribution in [2.75, 3.05) is 0 Å². The fourth-order valence-electron chi connectivity index (χ4n) is 2.37. The molecule has 0 unspecified atom stereocenters. The lowest BCUT2D eigenvalue weighted by atomic mass is 9.95. The zero-order valence-corrected chi connectivity index (χ0v) is 9.26. The summed E-state index contributed by atoms with van der Waals surface area (Å²) in [5, 5.41) is 0. The van der Waals surface area contributed by atoms with E-state index in [9.17, 15) is 18.0 Å². The Bertz CT molecular complexity index is 423. The van der Waals surface area contributed by atoms with Gasteiger partial charge in [0.05, 0.1) is 0 Å². The number of rotatable bonds is 3. The van der Waals surface area contributed by atoms with Gasteiger partial charge < -0.3 is 0 Å². The molecule has 1 fully saturated rings. The van der Waals surface area contributed by atoms with Crippen molar-refractivity contribution in [3.8, 4) is 0 Å². The second-order valence-corrected chi connectivity index (χ2v) is 4.38. The van der Waals surface area contributed by atoms with Crippen LogP contribution in [0.5, 0.6) is 0 Å². The van der Waals surface area contributed by atoms with Gasteiger partial charge in [0.2, 0.25) is 5.78 Å². The van der Waals surface area contributed by atoms with Crippen molar-refractivity contribution in [2.24, 2.45) is 0 Å². The van der Waals surface area contributed by atoms with Crippen molar-refractivity contribution in [1.82, 2.24) is 0 Å². The third-order valence-corrected chi connectivity index (χ3v) is 3.28. The van der Waals surface area contributed by atoms with Crippen LogP contribution in [0.15, 0.2) is 18.2 Å². The van der Waals surface area contributed by atoms with Gasteiger partial charge in [0.15, 0.2) is 0 Å². The summed E-state index contributed by atoms with van der Waals surface area (Å²) < 4.78 is 38.1. The Morgan fingerprint density at radius 3 is 2.41 bits per heavy atom. The average Bonchev–Trinajstić information content (AvgIpc) is 2.81. The van der Waals surface area contributed by atoms with Gasteiger partial charge in [-0.05, 0) is 30.4 Å². The first-order valence-electron chi connectivity index (χ1n) is 5.71. The van der Waals surface area contributed by atoms with Gasteiger partial charge in [-0.25, -0.2) is 13.2 Å². The van der Waals surface area contributed by atoms with E-state index < -0.39 is 18.0 Å². The van der Waals surface area contributed by atoms with Crippen molar-refractivity contribution >= 4 is 5.78 Å². The molecule has 0 aromatic heterocycles. The number of hydrogen-bond acceptors (Lipinski definition) is 1. The summed E-state index contributed by atoms with van der Waals surface area (Å²) in [6.07, 6.45) is 0.925. The predicted molar refractivity (Wildman–Crippen MR) is 57.9 cm³/mol. The predicted octanol–water partition coefficient (Wildman–Crippen LogP) is 3.93. The summed E-state index contributed by atoms with van der Waals surface area (Å²) in [4.78, 5) is 11.0. The van der Waals surface area contributed by atoms with Crippen LogP contribution in [0.3, 0.4) is 0 Å². The lowest BCUT2D eigenvalue weighted by Gasteiger charge is -2.11. The number of halogens is 3. The topological polar surface area (TPSA) is 17.1 Å². The minimum absolute atomic E-state index is 0.172. The summed E-state index contributed by atoms with van der Waals surface area (Å²) in [7, 11) is 0. The Morgan fingerprint density at radius 2 is 1.88 bits per heavy atom. The number of hydrogen-bond donors (Lipinski definition) is 0. The highest BCUT2D eigenvalue weighted by atomic mass is 19.3. The van der Waals surface area contributed by atoms with Crippen LogP contribution in [-0.2, 0) is 0 Å². The molecule has 0 heterocycles. The van der Waals surface area contributed by atoms with Crippen molar-refractivity contribution in [3.63, 3.8) is 0 Å². The Morgan fingerprint density at radius 1 is 1.24 bits per heavy atom. The first kappa shape index (κ1) is 12.1. The van der Waals surface area contributed by atoms with Crippen molar-refractivity contribution in [2.45, 2.75) is 38.0 Å². The van der Waals surface area contributed by atoms with Gasteiger partial charge in [-0.1, -0.05) is 25.0 Å². The molecule has 4 heteroatoms. The molecule has 0 radical (unpaired) electrons. The Kier molecular flexibility index (Phi) is 3.50. The van der Waals surface area contributed by atoms with Gasteiger partial charge in [0, 0.05) is 5.56 Å². The summed E-state index contributed by atoms with van der Waals surface area (Å²) in [6.45, 7) is 0. The molecule has 92 valence electrons. The van der Waals surface area contributed by atoms with Crippen LogP contribution in [0.2, 0.25) is 0 Å². The highest BCUT2D eigenvalue weighted by Crippen LogP contribution is 2.35. The second-order valence-electron chi connectivity index (χ2n) is 4.38. The van der Waals surface area contributed by atoms with E-state index in [1.807, 2.05) is 0 Å². The second kappa shape index (κ2) is 4.90. The van der Waals surface area contributed by atoms with Crippen LogP contribution >= 0.6 is 0 Å². The molecular formula is C13H13F3O. The largest absolute Gasteiger partial charge is 0.300 e. The van der Waals surface area contributed by atoms with Crippen LogP contribution in [-0.4, -0.2) is 12.2 Å². The fraction of sp³-hybridized carbons (Fsp3) is 0.462. The molecule has 1 aromatic carbocycles. The fourth-order valence-corrected chi connectivity index (χ4v) is 2.37. The molecule has 0 bridgehead atoms. The Labute approximate surface area is 97.6 Å². The van der Waals surface area contributed by atoms with E-state index in [2.05, 4.69) is 0 Å². The Balaban J connectivity index is 2.25. The van der Waals surface area contributed by atoms with Crippen molar-refractivity contribution in [3.05, 3.63) is 35.1 Å². The van der Waals surface area contributed by atoms with Crippen LogP contribution in [0, 0.1) is 5.82 Å². The summed E-state index contributed by atoms with van der Waals surface area (Å²) in [5.41, 5.74) is 0.299. The minimum Gasteiger partial charge on any atom is -0.288 e. The molecule has 0 amide bonds.